The third-order valence-corrected chi connectivity index (χ3v) is 4.07. The van der Waals surface area contributed by atoms with Gasteiger partial charge in [0.2, 0.25) is 0 Å². The zero-order valence-electron chi connectivity index (χ0n) is 12.4. The minimum Gasteiger partial charge on any atom is -0.305 e. The van der Waals surface area contributed by atoms with Crippen molar-refractivity contribution in [1.82, 2.24) is 4.57 Å². The van der Waals surface area contributed by atoms with Crippen LogP contribution in [0.1, 0.15) is 48.7 Å². The smallest absolute Gasteiger partial charge is 0.262 e. The van der Waals surface area contributed by atoms with E-state index in [9.17, 15) is 9.59 Å². The lowest BCUT2D eigenvalue weighted by Gasteiger charge is -2.14. The van der Waals surface area contributed by atoms with Gasteiger partial charge in [-0.25, -0.2) is 0 Å². The van der Waals surface area contributed by atoms with Gasteiger partial charge in [0.25, 0.3) is 5.56 Å². The summed E-state index contributed by atoms with van der Waals surface area (Å²) >= 11 is 0. The Kier molecular flexibility index (Phi) is 3.50. The fraction of sp³-hybridized carbons (Fsp3) is 0.333. The molecule has 2 aromatic rings. The largest absolute Gasteiger partial charge is 0.305 e. The summed E-state index contributed by atoms with van der Waals surface area (Å²) in [4.78, 5) is 24.1. The third-order valence-electron chi connectivity index (χ3n) is 4.07. The Labute approximate surface area is 124 Å². The number of carbonyl (C=O) groups is 1. The summed E-state index contributed by atoms with van der Waals surface area (Å²) in [5, 5.41) is 0. The Morgan fingerprint density at radius 2 is 1.81 bits per heavy atom. The predicted molar refractivity (Wildman–Crippen MR) is 83.8 cm³/mol. The molecule has 3 rings (SSSR count). The molecule has 0 aliphatic heterocycles. The number of aromatic nitrogens is 1. The molecule has 1 aliphatic carbocycles. The lowest BCUT2D eigenvalue weighted by Crippen LogP contribution is -2.26. The van der Waals surface area contributed by atoms with Crippen molar-refractivity contribution in [3.8, 4) is 11.3 Å². The molecule has 0 saturated heterocycles. The van der Waals surface area contributed by atoms with Crippen molar-refractivity contribution in [3.05, 3.63) is 57.9 Å². The van der Waals surface area contributed by atoms with E-state index in [1.54, 1.807) is 10.6 Å². The molecule has 0 N–H and O–H groups in total. The second kappa shape index (κ2) is 5.32. The minimum atomic E-state index is -0.165. The molecule has 3 heteroatoms. The summed E-state index contributed by atoms with van der Waals surface area (Å²) in [7, 11) is 0. The molecule has 1 aromatic heterocycles. The molecule has 0 unspecified atom stereocenters. The normalized spacial score (nSPS) is 14.2. The highest BCUT2D eigenvalue weighted by Gasteiger charge is 2.28. The number of Topliss-reactive ketones (excluding diaryl/α,β-unsaturated/α-hetero) is 1. The van der Waals surface area contributed by atoms with Gasteiger partial charge in [-0.15, -0.1) is 0 Å². The van der Waals surface area contributed by atoms with E-state index in [2.05, 4.69) is 31.2 Å². The zero-order valence-corrected chi connectivity index (χ0v) is 12.4. The van der Waals surface area contributed by atoms with Crippen molar-refractivity contribution >= 4 is 5.78 Å². The minimum absolute atomic E-state index is 0.151. The fourth-order valence-electron chi connectivity index (χ4n) is 2.66. The van der Waals surface area contributed by atoms with Gasteiger partial charge in [-0.2, -0.15) is 0 Å². The van der Waals surface area contributed by atoms with E-state index in [1.807, 2.05) is 6.07 Å². The molecule has 0 radical (unpaired) electrons. The number of hydrogen-bond acceptors (Lipinski definition) is 2. The van der Waals surface area contributed by atoms with Gasteiger partial charge >= 0.3 is 0 Å². The lowest BCUT2D eigenvalue weighted by molar-refractivity contribution is 0.101. The van der Waals surface area contributed by atoms with Crippen LogP contribution >= 0.6 is 0 Å². The van der Waals surface area contributed by atoms with Gasteiger partial charge in [-0.3, -0.25) is 9.59 Å². The Morgan fingerprint density at radius 3 is 2.33 bits per heavy atom. The van der Waals surface area contributed by atoms with Gasteiger partial charge in [0.15, 0.2) is 5.78 Å². The van der Waals surface area contributed by atoms with E-state index >= 15 is 0 Å². The molecule has 0 bridgehead atoms. The Bertz CT molecular complexity index is 737. The van der Waals surface area contributed by atoms with Crippen molar-refractivity contribution in [2.45, 2.75) is 39.2 Å². The summed E-state index contributed by atoms with van der Waals surface area (Å²) < 4.78 is 1.80. The second-order valence-corrected chi connectivity index (χ2v) is 5.65. The molecule has 1 aromatic carbocycles. The maximum absolute atomic E-state index is 12.6. The van der Waals surface area contributed by atoms with Crippen LogP contribution in [-0.2, 0) is 6.42 Å². The van der Waals surface area contributed by atoms with E-state index in [0.717, 1.165) is 30.5 Å². The van der Waals surface area contributed by atoms with Crippen LogP contribution in [0, 0.1) is 0 Å². The number of benzene rings is 1. The van der Waals surface area contributed by atoms with Crippen LogP contribution in [0.5, 0.6) is 0 Å². The topological polar surface area (TPSA) is 39.1 Å². The molecule has 0 spiro atoms. The molecule has 1 aliphatic rings. The number of ketones is 1. The Morgan fingerprint density at radius 1 is 1.14 bits per heavy atom. The predicted octanol–water partition coefficient (Wildman–Crippen LogP) is 3.62. The lowest BCUT2D eigenvalue weighted by atomic mass is 10.1. The maximum atomic E-state index is 12.6. The molecular formula is C18H19NO2. The third kappa shape index (κ3) is 2.56. The van der Waals surface area contributed by atoms with E-state index in [0.29, 0.717) is 0 Å². The Hall–Kier alpha value is -2.16. The van der Waals surface area contributed by atoms with Crippen LogP contribution in [0.2, 0.25) is 0 Å². The van der Waals surface area contributed by atoms with Crippen LogP contribution in [0.25, 0.3) is 11.3 Å². The maximum Gasteiger partial charge on any atom is 0.262 e. The highest BCUT2D eigenvalue weighted by Crippen LogP contribution is 2.37. The number of rotatable bonds is 4. The highest BCUT2D eigenvalue weighted by molar-refractivity contribution is 5.94. The van der Waals surface area contributed by atoms with E-state index in [1.165, 1.54) is 12.5 Å². The first-order valence-corrected chi connectivity index (χ1v) is 7.47. The van der Waals surface area contributed by atoms with Crippen molar-refractivity contribution in [2.24, 2.45) is 0 Å². The second-order valence-electron chi connectivity index (χ2n) is 5.65. The summed E-state index contributed by atoms with van der Waals surface area (Å²) in [6.45, 7) is 3.57. The first kappa shape index (κ1) is 13.8. The number of aryl methyl sites for hydroxylation is 1. The van der Waals surface area contributed by atoms with E-state index < -0.39 is 0 Å². The summed E-state index contributed by atoms with van der Waals surface area (Å²) in [6.07, 6.45) is 3.03. The van der Waals surface area contributed by atoms with Crippen molar-refractivity contribution in [1.29, 1.82) is 0 Å². The summed E-state index contributed by atoms with van der Waals surface area (Å²) in [5.74, 6) is -0.165. The number of hydrogen-bond donors (Lipinski definition) is 0. The molecular weight excluding hydrogens is 262 g/mol. The Balaban J connectivity index is 2.15. The van der Waals surface area contributed by atoms with Gasteiger partial charge in [0.1, 0.15) is 0 Å². The van der Waals surface area contributed by atoms with E-state index in [4.69, 9.17) is 0 Å². The van der Waals surface area contributed by atoms with Crippen LogP contribution in [0.15, 0.2) is 41.2 Å². The molecule has 0 atom stereocenters. The average Bonchev–Trinajstić information content (AvgIpc) is 3.31. The number of carbonyl (C=O) groups excluding carboxylic acids is 1. The van der Waals surface area contributed by atoms with Crippen molar-refractivity contribution < 1.29 is 4.79 Å². The van der Waals surface area contributed by atoms with Crippen LogP contribution in [-0.4, -0.2) is 10.4 Å². The molecule has 108 valence electrons. The molecule has 21 heavy (non-hydrogen) atoms. The van der Waals surface area contributed by atoms with Crippen LogP contribution in [0.3, 0.4) is 0 Å². The first-order valence-electron chi connectivity index (χ1n) is 7.47. The van der Waals surface area contributed by atoms with Crippen LogP contribution in [0.4, 0.5) is 0 Å². The van der Waals surface area contributed by atoms with Gasteiger partial charge in [-0.1, -0.05) is 31.2 Å². The number of pyridine rings is 1. The first-order chi connectivity index (χ1) is 10.1. The SMILES string of the molecule is CCc1ccc(-c2ccc(C(C)=O)c(=O)n2C2CC2)cc1. The van der Waals surface area contributed by atoms with Gasteiger partial charge in [0, 0.05) is 6.04 Å². The molecule has 1 fully saturated rings. The average molecular weight is 281 g/mol. The quantitative estimate of drug-likeness (QED) is 0.803. The summed E-state index contributed by atoms with van der Waals surface area (Å²) in [6, 6.07) is 12.1. The van der Waals surface area contributed by atoms with Crippen LogP contribution < -0.4 is 5.56 Å². The molecule has 1 saturated carbocycles. The standard InChI is InChI=1S/C18H19NO2/c1-3-13-4-6-14(7-5-13)17-11-10-16(12(2)20)18(21)19(17)15-8-9-15/h4-7,10-11,15H,3,8-9H2,1-2H3. The van der Waals surface area contributed by atoms with E-state index in [-0.39, 0.29) is 22.9 Å². The molecule has 0 amide bonds. The van der Waals surface area contributed by atoms with Gasteiger partial charge < -0.3 is 4.57 Å². The van der Waals surface area contributed by atoms with Gasteiger partial charge in [0.05, 0.1) is 11.3 Å². The summed E-state index contributed by atoms with van der Waals surface area (Å²) in [5.41, 5.74) is 3.36. The van der Waals surface area contributed by atoms with Crippen molar-refractivity contribution in [3.63, 3.8) is 0 Å². The zero-order chi connectivity index (χ0) is 15.0. The number of nitrogens with zero attached hydrogens (tertiary/aromatic N) is 1. The molecule has 1 heterocycles. The molecule has 3 nitrogen and oxygen atoms in total. The van der Waals surface area contributed by atoms with Gasteiger partial charge in [-0.05, 0) is 49.4 Å². The van der Waals surface area contributed by atoms with Crippen molar-refractivity contribution in [2.75, 3.05) is 0 Å². The monoisotopic (exact) mass is 281 g/mol. The highest BCUT2D eigenvalue weighted by atomic mass is 16.1. The fourth-order valence-corrected chi connectivity index (χ4v) is 2.66.